The molecule has 0 spiro atoms. The van der Waals surface area contributed by atoms with Crippen molar-refractivity contribution in [3.8, 4) is 0 Å². The number of hydrogen-bond donors (Lipinski definition) is 0. The highest BCUT2D eigenvalue weighted by molar-refractivity contribution is 4.62. The van der Waals surface area contributed by atoms with Crippen LogP contribution in [0.25, 0.3) is 0 Å². The van der Waals surface area contributed by atoms with E-state index in [9.17, 15) is 0 Å². The SMILES string of the molecule is [CH2]CC(CCCCCCCCCCCCCC)CCCCCCCCCCCCCCCCCCC. The van der Waals surface area contributed by atoms with Crippen LogP contribution >= 0.6 is 0 Å². The molecule has 0 saturated heterocycles. The summed E-state index contributed by atoms with van der Waals surface area (Å²) in [5.74, 6) is 0.907. The average molecular weight is 506 g/mol. The van der Waals surface area contributed by atoms with E-state index in [1.165, 1.54) is 199 Å². The fraction of sp³-hybridized carbons (Fsp3) is 0.972. The van der Waals surface area contributed by atoms with Gasteiger partial charge in [0.05, 0.1) is 0 Å². The van der Waals surface area contributed by atoms with Crippen molar-refractivity contribution in [3.63, 3.8) is 0 Å². The largest absolute Gasteiger partial charge is 0.0654 e. The normalized spacial score (nSPS) is 12.4. The third-order valence-electron chi connectivity index (χ3n) is 8.59. The average Bonchev–Trinajstić information content (AvgIpc) is 2.89. The Morgan fingerprint density at radius 2 is 0.500 bits per heavy atom. The van der Waals surface area contributed by atoms with Crippen molar-refractivity contribution >= 4 is 0 Å². The van der Waals surface area contributed by atoms with E-state index in [1.54, 1.807) is 0 Å². The minimum atomic E-state index is 0.907. The maximum atomic E-state index is 4.26. The molecule has 36 heavy (non-hydrogen) atoms. The Morgan fingerprint density at radius 3 is 0.694 bits per heavy atom. The lowest BCUT2D eigenvalue weighted by atomic mass is 9.92. The molecule has 0 bridgehead atoms. The molecular formula is C36H73. The van der Waals surface area contributed by atoms with E-state index < -0.39 is 0 Å². The zero-order valence-corrected chi connectivity index (χ0v) is 25.9. The summed E-state index contributed by atoms with van der Waals surface area (Å²) >= 11 is 0. The molecule has 0 aromatic carbocycles. The number of rotatable bonds is 32. The number of hydrogen-bond acceptors (Lipinski definition) is 0. The zero-order valence-electron chi connectivity index (χ0n) is 25.9. The van der Waals surface area contributed by atoms with Gasteiger partial charge in [-0.25, -0.2) is 0 Å². The van der Waals surface area contributed by atoms with Gasteiger partial charge < -0.3 is 0 Å². The molecule has 1 radical (unpaired) electrons. The fourth-order valence-electron chi connectivity index (χ4n) is 5.86. The molecule has 0 amide bonds. The predicted molar refractivity (Wildman–Crippen MR) is 168 cm³/mol. The van der Waals surface area contributed by atoms with Crippen LogP contribution in [0.4, 0.5) is 0 Å². The first-order valence-electron chi connectivity index (χ1n) is 17.6. The quantitative estimate of drug-likeness (QED) is 0.0797. The van der Waals surface area contributed by atoms with E-state index in [1.807, 2.05) is 0 Å². The van der Waals surface area contributed by atoms with Gasteiger partial charge in [-0.3, -0.25) is 0 Å². The second-order valence-electron chi connectivity index (χ2n) is 12.3. The highest BCUT2D eigenvalue weighted by Gasteiger charge is 2.06. The van der Waals surface area contributed by atoms with E-state index in [0.717, 1.165) is 12.3 Å². The Kier molecular flexibility index (Phi) is 33.0. The van der Waals surface area contributed by atoms with Crippen LogP contribution in [0, 0.1) is 12.8 Å². The summed E-state index contributed by atoms with van der Waals surface area (Å²) in [6.45, 7) is 8.87. The van der Waals surface area contributed by atoms with Crippen LogP contribution in [-0.2, 0) is 0 Å². The Hall–Kier alpha value is 0. The highest BCUT2D eigenvalue weighted by Crippen LogP contribution is 2.22. The second kappa shape index (κ2) is 33.0. The number of unbranched alkanes of at least 4 members (excludes halogenated alkanes) is 27. The van der Waals surface area contributed by atoms with Gasteiger partial charge in [-0.15, -0.1) is 0 Å². The standard InChI is InChI=1S/C36H73/c1-4-7-9-11-13-15-17-19-20-21-22-23-25-27-29-31-33-35-36(6-3)34-32-30-28-26-24-18-16-14-12-10-8-5-2/h36H,3-35H2,1-2H3. The smallest absolute Gasteiger partial charge is 0.0414 e. The Balaban J connectivity index is 3.24. The molecule has 1 atom stereocenters. The maximum Gasteiger partial charge on any atom is -0.0414 e. The van der Waals surface area contributed by atoms with Crippen LogP contribution in [0.1, 0.15) is 219 Å². The fourth-order valence-corrected chi connectivity index (χ4v) is 5.86. The Morgan fingerprint density at radius 1 is 0.306 bits per heavy atom. The van der Waals surface area contributed by atoms with Crippen molar-refractivity contribution in [2.45, 2.75) is 219 Å². The van der Waals surface area contributed by atoms with Crippen molar-refractivity contribution < 1.29 is 0 Å². The molecule has 0 aliphatic carbocycles. The van der Waals surface area contributed by atoms with Gasteiger partial charge in [0, 0.05) is 0 Å². The molecule has 217 valence electrons. The summed E-state index contributed by atoms with van der Waals surface area (Å²) in [4.78, 5) is 0. The van der Waals surface area contributed by atoms with E-state index >= 15 is 0 Å². The molecule has 0 heterocycles. The molecule has 0 N–H and O–H groups in total. The van der Waals surface area contributed by atoms with Gasteiger partial charge in [-0.1, -0.05) is 226 Å². The van der Waals surface area contributed by atoms with Crippen LogP contribution in [0.2, 0.25) is 0 Å². The summed E-state index contributed by atoms with van der Waals surface area (Å²) in [5.41, 5.74) is 0. The van der Waals surface area contributed by atoms with Crippen molar-refractivity contribution in [2.24, 2.45) is 5.92 Å². The Bertz CT molecular complexity index is 359. The Labute approximate surface area is 232 Å². The van der Waals surface area contributed by atoms with Crippen LogP contribution in [0.5, 0.6) is 0 Å². The molecule has 1 unspecified atom stereocenters. The lowest BCUT2D eigenvalue weighted by Gasteiger charge is -2.14. The van der Waals surface area contributed by atoms with E-state index in [2.05, 4.69) is 20.8 Å². The van der Waals surface area contributed by atoms with Crippen LogP contribution in [-0.4, -0.2) is 0 Å². The molecule has 0 saturated carbocycles. The molecule has 0 heteroatoms. The van der Waals surface area contributed by atoms with E-state index in [0.29, 0.717) is 0 Å². The first-order valence-corrected chi connectivity index (χ1v) is 17.6. The van der Waals surface area contributed by atoms with Gasteiger partial charge in [0.2, 0.25) is 0 Å². The molecule has 0 aromatic heterocycles. The van der Waals surface area contributed by atoms with Crippen molar-refractivity contribution in [1.82, 2.24) is 0 Å². The summed E-state index contributed by atoms with van der Waals surface area (Å²) < 4.78 is 0. The van der Waals surface area contributed by atoms with Gasteiger partial charge >= 0.3 is 0 Å². The molecule has 0 aromatic rings. The predicted octanol–water partition coefficient (Wildman–Crippen LogP) is 14.0. The third-order valence-corrected chi connectivity index (χ3v) is 8.59. The zero-order chi connectivity index (χ0) is 26.2. The third kappa shape index (κ3) is 30.2. The van der Waals surface area contributed by atoms with Crippen LogP contribution in [0.15, 0.2) is 0 Å². The van der Waals surface area contributed by atoms with E-state index in [-0.39, 0.29) is 0 Å². The summed E-state index contributed by atoms with van der Waals surface area (Å²) in [6.07, 6.45) is 46.6. The summed E-state index contributed by atoms with van der Waals surface area (Å²) in [7, 11) is 0. The topological polar surface area (TPSA) is 0 Å². The first kappa shape index (κ1) is 36.0. The summed E-state index contributed by atoms with van der Waals surface area (Å²) in [6, 6.07) is 0. The van der Waals surface area contributed by atoms with Crippen LogP contribution < -0.4 is 0 Å². The lowest BCUT2D eigenvalue weighted by Crippen LogP contribution is -1.99. The molecule has 0 rings (SSSR count). The van der Waals surface area contributed by atoms with Crippen LogP contribution in [0.3, 0.4) is 0 Å². The van der Waals surface area contributed by atoms with Gasteiger partial charge in [-0.05, 0) is 5.92 Å². The van der Waals surface area contributed by atoms with Gasteiger partial charge in [-0.2, -0.15) is 0 Å². The van der Waals surface area contributed by atoms with Crippen molar-refractivity contribution in [3.05, 3.63) is 6.92 Å². The monoisotopic (exact) mass is 506 g/mol. The highest BCUT2D eigenvalue weighted by atomic mass is 14.1. The first-order chi connectivity index (χ1) is 17.8. The van der Waals surface area contributed by atoms with Crippen molar-refractivity contribution in [2.75, 3.05) is 0 Å². The van der Waals surface area contributed by atoms with Gasteiger partial charge in [0.25, 0.3) is 0 Å². The lowest BCUT2D eigenvalue weighted by molar-refractivity contribution is 0.404. The minimum absolute atomic E-state index is 0.907. The molecule has 0 aliphatic heterocycles. The van der Waals surface area contributed by atoms with Crippen molar-refractivity contribution in [1.29, 1.82) is 0 Å². The van der Waals surface area contributed by atoms with Gasteiger partial charge in [0.1, 0.15) is 0 Å². The van der Waals surface area contributed by atoms with Gasteiger partial charge in [0.15, 0.2) is 0 Å². The molecule has 0 aliphatic rings. The second-order valence-corrected chi connectivity index (χ2v) is 12.3. The van der Waals surface area contributed by atoms with E-state index in [4.69, 9.17) is 0 Å². The molecular weight excluding hydrogens is 432 g/mol. The molecule has 0 fully saturated rings. The molecule has 0 nitrogen and oxygen atoms in total. The minimum Gasteiger partial charge on any atom is -0.0654 e. The summed E-state index contributed by atoms with van der Waals surface area (Å²) in [5, 5.41) is 0. The maximum absolute atomic E-state index is 4.26.